The lowest BCUT2D eigenvalue weighted by Gasteiger charge is -2.27. The van der Waals surface area contributed by atoms with Gasteiger partial charge < -0.3 is 10.1 Å². The molecule has 0 bridgehead atoms. The first-order chi connectivity index (χ1) is 8.83. The van der Waals surface area contributed by atoms with E-state index in [0.717, 1.165) is 23.4 Å². The minimum Gasteiger partial charge on any atom is -0.493 e. The molecule has 1 unspecified atom stereocenters. The van der Waals surface area contributed by atoms with Crippen LogP contribution in [0.25, 0.3) is 0 Å². The number of hydrogen-bond donors (Lipinski definition) is 1. The summed E-state index contributed by atoms with van der Waals surface area (Å²) in [6.07, 6.45) is 0.882. The van der Waals surface area contributed by atoms with Crippen LogP contribution < -0.4 is 10.1 Å². The Bertz CT molecular complexity index is 556. The monoisotopic (exact) mass is 243 g/mol. The zero-order valence-electron chi connectivity index (χ0n) is 9.90. The van der Waals surface area contributed by atoms with Crippen LogP contribution in [0.5, 0.6) is 5.75 Å². The summed E-state index contributed by atoms with van der Waals surface area (Å²) in [5, 5.41) is 3.36. The van der Waals surface area contributed by atoms with Crippen LogP contribution in [0, 0.1) is 5.82 Å². The topological polar surface area (TPSA) is 21.3 Å². The molecule has 1 heterocycles. The molecular weight excluding hydrogens is 229 g/mol. The molecule has 3 heteroatoms. The van der Waals surface area contributed by atoms with Crippen LogP contribution >= 0.6 is 0 Å². The minimum atomic E-state index is -0.222. The first-order valence-corrected chi connectivity index (χ1v) is 6.07. The van der Waals surface area contributed by atoms with E-state index in [-0.39, 0.29) is 11.9 Å². The average molecular weight is 243 g/mol. The standard InChI is InChI=1S/C15H14FNO/c16-11-4-3-5-12(10-11)17-14-8-9-18-15-7-2-1-6-13(14)15/h1-7,10,14,17H,8-9H2. The van der Waals surface area contributed by atoms with Crippen LogP contribution in [0.4, 0.5) is 10.1 Å². The number of benzene rings is 2. The number of anilines is 1. The highest BCUT2D eigenvalue weighted by atomic mass is 19.1. The van der Waals surface area contributed by atoms with Gasteiger partial charge in [0.1, 0.15) is 11.6 Å². The summed E-state index contributed by atoms with van der Waals surface area (Å²) in [7, 11) is 0. The van der Waals surface area contributed by atoms with Crippen LogP contribution in [0.3, 0.4) is 0 Å². The van der Waals surface area contributed by atoms with Gasteiger partial charge in [0.25, 0.3) is 0 Å². The lowest BCUT2D eigenvalue weighted by molar-refractivity contribution is 0.274. The Labute approximate surface area is 105 Å². The lowest BCUT2D eigenvalue weighted by atomic mass is 10.0. The molecule has 2 nitrogen and oxygen atoms in total. The molecule has 0 fully saturated rings. The number of halogens is 1. The van der Waals surface area contributed by atoms with E-state index >= 15 is 0 Å². The van der Waals surface area contributed by atoms with Gasteiger partial charge in [0.05, 0.1) is 12.6 Å². The number of rotatable bonds is 2. The third kappa shape index (κ3) is 2.16. The van der Waals surface area contributed by atoms with Crippen molar-refractivity contribution in [3.63, 3.8) is 0 Å². The van der Waals surface area contributed by atoms with Crippen molar-refractivity contribution in [2.75, 3.05) is 11.9 Å². The van der Waals surface area contributed by atoms with Crippen molar-refractivity contribution in [3.8, 4) is 5.75 Å². The Morgan fingerprint density at radius 2 is 2.00 bits per heavy atom. The largest absolute Gasteiger partial charge is 0.493 e. The fourth-order valence-electron chi connectivity index (χ4n) is 2.27. The van der Waals surface area contributed by atoms with Gasteiger partial charge in [-0.1, -0.05) is 24.3 Å². The van der Waals surface area contributed by atoms with Gasteiger partial charge in [0.15, 0.2) is 0 Å². The molecule has 1 aliphatic rings. The van der Waals surface area contributed by atoms with Crippen molar-refractivity contribution in [3.05, 3.63) is 59.9 Å². The van der Waals surface area contributed by atoms with Gasteiger partial charge in [0.2, 0.25) is 0 Å². The smallest absolute Gasteiger partial charge is 0.125 e. The van der Waals surface area contributed by atoms with Gasteiger partial charge in [-0.15, -0.1) is 0 Å². The summed E-state index contributed by atoms with van der Waals surface area (Å²) in [5.74, 6) is 0.693. The molecular formula is C15H14FNO. The van der Waals surface area contributed by atoms with Gasteiger partial charge in [-0.3, -0.25) is 0 Å². The summed E-state index contributed by atoms with van der Waals surface area (Å²) in [6, 6.07) is 14.7. The van der Waals surface area contributed by atoms with Gasteiger partial charge >= 0.3 is 0 Å². The van der Waals surface area contributed by atoms with Crippen LogP contribution in [0.2, 0.25) is 0 Å². The molecule has 1 N–H and O–H groups in total. The van der Waals surface area contributed by atoms with Crippen molar-refractivity contribution in [1.82, 2.24) is 0 Å². The van der Waals surface area contributed by atoms with Crippen molar-refractivity contribution >= 4 is 5.69 Å². The SMILES string of the molecule is Fc1cccc(NC2CCOc3ccccc32)c1. The molecule has 0 saturated heterocycles. The molecule has 3 rings (SSSR count). The molecule has 0 spiro atoms. The first-order valence-electron chi connectivity index (χ1n) is 6.07. The van der Waals surface area contributed by atoms with E-state index in [9.17, 15) is 4.39 Å². The average Bonchev–Trinajstić information content (AvgIpc) is 2.39. The Balaban J connectivity index is 1.86. The van der Waals surface area contributed by atoms with Crippen LogP contribution in [0.1, 0.15) is 18.0 Å². The second-order valence-corrected chi connectivity index (χ2v) is 4.38. The predicted octanol–water partition coefficient (Wildman–Crippen LogP) is 3.76. The van der Waals surface area contributed by atoms with E-state index in [1.165, 1.54) is 12.1 Å². The van der Waals surface area contributed by atoms with E-state index < -0.39 is 0 Å². The third-order valence-corrected chi connectivity index (χ3v) is 3.12. The van der Waals surface area contributed by atoms with Crippen molar-refractivity contribution in [2.24, 2.45) is 0 Å². The maximum absolute atomic E-state index is 13.2. The lowest BCUT2D eigenvalue weighted by Crippen LogP contribution is -2.20. The summed E-state index contributed by atoms with van der Waals surface area (Å²) in [4.78, 5) is 0. The van der Waals surface area contributed by atoms with Crippen molar-refractivity contribution in [2.45, 2.75) is 12.5 Å². The van der Waals surface area contributed by atoms with Crippen molar-refractivity contribution < 1.29 is 9.13 Å². The molecule has 18 heavy (non-hydrogen) atoms. The molecule has 0 aliphatic carbocycles. The van der Waals surface area contributed by atoms with E-state index in [1.807, 2.05) is 30.3 Å². The van der Waals surface area contributed by atoms with E-state index in [1.54, 1.807) is 6.07 Å². The first kappa shape index (κ1) is 11.1. The Kier molecular flexibility index (Phi) is 2.89. The second-order valence-electron chi connectivity index (χ2n) is 4.38. The number of hydrogen-bond acceptors (Lipinski definition) is 2. The predicted molar refractivity (Wildman–Crippen MR) is 69.3 cm³/mol. The maximum Gasteiger partial charge on any atom is 0.125 e. The molecule has 0 amide bonds. The Morgan fingerprint density at radius 3 is 2.89 bits per heavy atom. The zero-order chi connectivity index (χ0) is 12.4. The van der Waals surface area contributed by atoms with Gasteiger partial charge in [-0.2, -0.15) is 0 Å². The van der Waals surface area contributed by atoms with Crippen molar-refractivity contribution in [1.29, 1.82) is 0 Å². The fraction of sp³-hybridized carbons (Fsp3) is 0.200. The molecule has 1 atom stereocenters. The normalized spacial score (nSPS) is 17.7. The van der Waals surface area contributed by atoms with E-state index in [2.05, 4.69) is 5.32 Å². The van der Waals surface area contributed by atoms with Gasteiger partial charge in [0, 0.05) is 17.7 Å². The molecule has 0 saturated carbocycles. The molecule has 92 valence electrons. The Morgan fingerprint density at radius 1 is 1.11 bits per heavy atom. The van der Waals surface area contributed by atoms with Crippen LogP contribution in [-0.2, 0) is 0 Å². The van der Waals surface area contributed by atoms with Gasteiger partial charge in [-0.05, 0) is 24.3 Å². The molecule has 2 aromatic rings. The highest BCUT2D eigenvalue weighted by Gasteiger charge is 2.20. The van der Waals surface area contributed by atoms with E-state index in [0.29, 0.717) is 6.61 Å². The Hall–Kier alpha value is -2.03. The second kappa shape index (κ2) is 4.69. The van der Waals surface area contributed by atoms with Gasteiger partial charge in [-0.25, -0.2) is 4.39 Å². The molecule has 1 aliphatic heterocycles. The van der Waals surface area contributed by atoms with Crippen LogP contribution in [0.15, 0.2) is 48.5 Å². The highest BCUT2D eigenvalue weighted by molar-refractivity contribution is 5.48. The third-order valence-electron chi connectivity index (χ3n) is 3.12. The fourth-order valence-corrected chi connectivity index (χ4v) is 2.27. The molecule has 0 aromatic heterocycles. The summed E-state index contributed by atoms with van der Waals surface area (Å²) >= 11 is 0. The molecule has 0 radical (unpaired) electrons. The maximum atomic E-state index is 13.2. The minimum absolute atomic E-state index is 0.178. The summed E-state index contributed by atoms with van der Waals surface area (Å²) < 4.78 is 18.8. The number of nitrogens with one attached hydrogen (secondary N) is 1. The number of para-hydroxylation sites is 1. The zero-order valence-corrected chi connectivity index (χ0v) is 9.90. The summed E-state index contributed by atoms with van der Waals surface area (Å²) in [5.41, 5.74) is 1.93. The molecule has 2 aromatic carbocycles. The summed E-state index contributed by atoms with van der Waals surface area (Å²) in [6.45, 7) is 0.685. The quantitative estimate of drug-likeness (QED) is 0.867. The van der Waals surface area contributed by atoms with Crippen LogP contribution in [-0.4, -0.2) is 6.61 Å². The highest BCUT2D eigenvalue weighted by Crippen LogP contribution is 2.33. The number of ether oxygens (including phenoxy) is 1. The van der Waals surface area contributed by atoms with E-state index in [4.69, 9.17) is 4.74 Å². The number of fused-ring (bicyclic) bond motifs is 1.